The molecule has 0 saturated carbocycles. The first-order valence-electron chi connectivity index (χ1n) is 5.30. The number of para-hydroxylation sites is 1. The molecule has 1 amide bonds. The molecule has 2 aromatic rings. The zero-order valence-corrected chi connectivity index (χ0v) is 9.53. The second kappa shape index (κ2) is 4.67. The van der Waals surface area contributed by atoms with Crippen molar-refractivity contribution in [3.05, 3.63) is 41.6 Å². The molecule has 84 valence electrons. The van der Waals surface area contributed by atoms with Crippen LogP contribution >= 0.6 is 0 Å². The Morgan fingerprint density at radius 1 is 1.47 bits per heavy atom. The number of nitrogens with one attached hydrogen (secondary N) is 1. The average Bonchev–Trinajstić information content (AvgIpc) is 2.34. The van der Waals surface area contributed by atoms with Gasteiger partial charge in [0, 0.05) is 11.1 Å². The van der Waals surface area contributed by atoms with Crippen LogP contribution in [0.5, 0.6) is 0 Å². The van der Waals surface area contributed by atoms with Crippen molar-refractivity contribution in [3.8, 4) is 12.3 Å². The normalized spacial score (nSPS) is 9.88. The largest absolute Gasteiger partial charge is 0.341 e. The van der Waals surface area contributed by atoms with E-state index in [0.29, 0.717) is 5.56 Å². The summed E-state index contributed by atoms with van der Waals surface area (Å²) in [7, 11) is 0. The van der Waals surface area contributed by atoms with E-state index in [1.165, 1.54) is 0 Å². The van der Waals surface area contributed by atoms with E-state index in [-0.39, 0.29) is 12.5 Å². The molecule has 0 atom stereocenters. The van der Waals surface area contributed by atoms with Crippen molar-refractivity contribution >= 4 is 16.8 Å². The molecule has 1 heterocycles. The van der Waals surface area contributed by atoms with Gasteiger partial charge in [-0.15, -0.1) is 6.42 Å². The topological polar surface area (TPSA) is 42.0 Å². The number of rotatable bonds is 2. The second-order valence-electron chi connectivity index (χ2n) is 3.72. The molecule has 0 spiro atoms. The van der Waals surface area contributed by atoms with E-state index < -0.39 is 0 Å². The van der Waals surface area contributed by atoms with Crippen LogP contribution in [0.1, 0.15) is 16.1 Å². The molecule has 0 aliphatic carbocycles. The van der Waals surface area contributed by atoms with Crippen LogP contribution in [0, 0.1) is 19.3 Å². The number of benzene rings is 1. The minimum Gasteiger partial charge on any atom is -0.341 e. The van der Waals surface area contributed by atoms with Crippen molar-refractivity contribution in [1.82, 2.24) is 10.3 Å². The summed E-state index contributed by atoms with van der Waals surface area (Å²) in [5, 5.41) is 3.51. The standard InChI is InChI=1S/C14H12N2O/c1-3-8-15-14(17)12-9-10(2)16-13-7-5-4-6-11(12)13/h1,4-7,9H,8H2,2H3,(H,15,17). The van der Waals surface area contributed by atoms with Gasteiger partial charge < -0.3 is 5.32 Å². The summed E-state index contributed by atoms with van der Waals surface area (Å²) in [5.74, 6) is 2.22. The van der Waals surface area contributed by atoms with Gasteiger partial charge in [0.2, 0.25) is 0 Å². The summed E-state index contributed by atoms with van der Waals surface area (Å²) in [5.41, 5.74) is 2.25. The lowest BCUT2D eigenvalue weighted by atomic mass is 10.1. The molecule has 0 aliphatic heterocycles. The lowest BCUT2D eigenvalue weighted by Gasteiger charge is -2.07. The first-order chi connectivity index (χ1) is 8.22. The highest BCUT2D eigenvalue weighted by atomic mass is 16.1. The Bertz CT molecular complexity index is 611. The van der Waals surface area contributed by atoms with Crippen LogP contribution in [-0.4, -0.2) is 17.4 Å². The number of carbonyl (C=O) groups excluding carboxylic acids is 1. The Morgan fingerprint density at radius 3 is 3.00 bits per heavy atom. The maximum Gasteiger partial charge on any atom is 0.252 e. The molecule has 0 radical (unpaired) electrons. The fourth-order valence-corrected chi connectivity index (χ4v) is 1.72. The summed E-state index contributed by atoms with van der Waals surface area (Å²) in [6.45, 7) is 2.10. The van der Waals surface area contributed by atoms with Crippen molar-refractivity contribution in [1.29, 1.82) is 0 Å². The maximum absolute atomic E-state index is 11.9. The number of nitrogens with zero attached hydrogens (tertiary/aromatic N) is 1. The molecule has 1 aromatic carbocycles. The Hall–Kier alpha value is -2.34. The van der Waals surface area contributed by atoms with E-state index in [9.17, 15) is 4.79 Å². The van der Waals surface area contributed by atoms with Crippen molar-refractivity contribution in [2.45, 2.75) is 6.92 Å². The second-order valence-corrected chi connectivity index (χ2v) is 3.72. The Labute approximate surface area is 99.9 Å². The molecule has 17 heavy (non-hydrogen) atoms. The lowest BCUT2D eigenvalue weighted by Crippen LogP contribution is -2.24. The van der Waals surface area contributed by atoms with Crippen molar-refractivity contribution < 1.29 is 4.79 Å². The number of amides is 1. The van der Waals surface area contributed by atoms with Crippen LogP contribution in [0.3, 0.4) is 0 Å². The van der Waals surface area contributed by atoms with Gasteiger partial charge in [0.1, 0.15) is 0 Å². The number of hydrogen-bond donors (Lipinski definition) is 1. The molecular weight excluding hydrogens is 212 g/mol. The molecule has 0 aliphatic rings. The summed E-state index contributed by atoms with van der Waals surface area (Å²) >= 11 is 0. The summed E-state index contributed by atoms with van der Waals surface area (Å²) in [6.07, 6.45) is 5.12. The van der Waals surface area contributed by atoms with Crippen LogP contribution in [0.4, 0.5) is 0 Å². The summed E-state index contributed by atoms with van der Waals surface area (Å²) in [4.78, 5) is 16.3. The molecule has 0 unspecified atom stereocenters. The quantitative estimate of drug-likeness (QED) is 0.792. The summed E-state index contributed by atoms with van der Waals surface area (Å²) < 4.78 is 0. The molecule has 0 saturated heterocycles. The Morgan fingerprint density at radius 2 is 2.24 bits per heavy atom. The van der Waals surface area contributed by atoms with E-state index in [1.807, 2.05) is 31.2 Å². The SMILES string of the molecule is C#CCNC(=O)c1cc(C)nc2ccccc12. The molecule has 0 bridgehead atoms. The minimum absolute atomic E-state index is 0.162. The average molecular weight is 224 g/mol. The number of pyridine rings is 1. The molecular formula is C14H12N2O. The predicted molar refractivity (Wildman–Crippen MR) is 67.6 cm³/mol. The monoisotopic (exact) mass is 224 g/mol. The fraction of sp³-hybridized carbons (Fsp3) is 0.143. The van der Waals surface area contributed by atoms with Crippen LogP contribution in [0.25, 0.3) is 10.9 Å². The predicted octanol–water partition coefficient (Wildman–Crippen LogP) is 1.91. The van der Waals surface area contributed by atoms with E-state index >= 15 is 0 Å². The van der Waals surface area contributed by atoms with Gasteiger partial charge in [-0.25, -0.2) is 0 Å². The fourth-order valence-electron chi connectivity index (χ4n) is 1.72. The van der Waals surface area contributed by atoms with Crippen LogP contribution in [0.15, 0.2) is 30.3 Å². The van der Waals surface area contributed by atoms with Gasteiger partial charge in [0.15, 0.2) is 0 Å². The number of carbonyl (C=O) groups is 1. The highest BCUT2D eigenvalue weighted by molar-refractivity contribution is 6.06. The molecule has 3 heteroatoms. The number of hydrogen-bond acceptors (Lipinski definition) is 2. The molecule has 0 fully saturated rings. The van der Waals surface area contributed by atoms with Gasteiger partial charge in [-0.05, 0) is 19.1 Å². The smallest absolute Gasteiger partial charge is 0.252 e. The third-order valence-corrected chi connectivity index (χ3v) is 2.44. The van der Waals surface area contributed by atoms with Gasteiger partial charge >= 0.3 is 0 Å². The molecule has 1 aromatic heterocycles. The molecule has 2 rings (SSSR count). The van der Waals surface area contributed by atoms with E-state index in [4.69, 9.17) is 6.42 Å². The van der Waals surface area contributed by atoms with Gasteiger partial charge in [-0.3, -0.25) is 9.78 Å². The highest BCUT2D eigenvalue weighted by Crippen LogP contribution is 2.17. The Kier molecular flexibility index (Phi) is 3.06. The third kappa shape index (κ3) is 2.26. The molecule has 1 N–H and O–H groups in total. The van der Waals surface area contributed by atoms with Gasteiger partial charge in [-0.1, -0.05) is 24.1 Å². The van der Waals surface area contributed by atoms with Crippen molar-refractivity contribution in [2.24, 2.45) is 0 Å². The highest BCUT2D eigenvalue weighted by Gasteiger charge is 2.10. The van der Waals surface area contributed by atoms with E-state index in [1.54, 1.807) is 6.07 Å². The maximum atomic E-state index is 11.9. The van der Waals surface area contributed by atoms with Gasteiger partial charge in [0.25, 0.3) is 5.91 Å². The van der Waals surface area contributed by atoms with E-state index in [0.717, 1.165) is 16.6 Å². The van der Waals surface area contributed by atoms with Crippen LogP contribution < -0.4 is 5.32 Å². The number of fused-ring (bicyclic) bond motifs is 1. The van der Waals surface area contributed by atoms with Crippen LogP contribution in [-0.2, 0) is 0 Å². The van der Waals surface area contributed by atoms with Crippen molar-refractivity contribution in [3.63, 3.8) is 0 Å². The number of aromatic nitrogens is 1. The van der Waals surface area contributed by atoms with E-state index in [2.05, 4.69) is 16.2 Å². The minimum atomic E-state index is -0.162. The zero-order chi connectivity index (χ0) is 12.3. The first kappa shape index (κ1) is 11.2. The van der Waals surface area contributed by atoms with Crippen molar-refractivity contribution in [2.75, 3.05) is 6.54 Å². The van der Waals surface area contributed by atoms with Crippen LogP contribution in [0.2, 0.25) is 0 Å². The first-order valence-corrected chi connectivity index (χ1v) is 5.30. The number of aryl methyl sites for hydroxylation is 1. The summed E-state index contributed by atoms with van der Waals surface area (Å²) in [6, 6.07) is 9.33. The van der Waals surface area contributed by atoms with Gasteiger partial charge in [0.05, 0.1) is 17.6 Å². The third-order valence-electron chi connectivity index (χ3n) is 2.44. The lowest BCUT2D eigenvalue weighted by molar-refractivity contribution is 0.0960. The zero-order valence-electron chi connectivity index (χ0n) is 9.53. The Balaban J connectivity index is 2.53. The number of terminal acetylenes is 1. The van der Waals surface area contributed by atoms with Gasteiger partial charge in [-0.2, -0.15) is 0 Å². The molecule has 3 nitrogen and oxygen atoms in total.